The molecule has 154 valence electrons. The van der Waals surface area contributed by atoms with Crippen molar-refractivity contribution in [3.63, 3.8) is 0 Å². The number of benzene rings is 3. The first-order valence-corrected chi connectivity index (χ1v) is 10.4. The maximum atomic E-state index is 12.6. The molecule has 30 heavy (non-hydrogen) atoms. The molecular formula is C24H23BrN2O3. The minimum absolute atomic E-state index is 0.321. The van der Waals surface area contributed by atoms with Crippen LogP contribution in [0, 0.1) is 0 Å². The maximum Gasteiger partial charge on any atom is 0.281 e. The quantitative estimate of drug-likeness (QED) is 0.258. The predicted octanol–water partition coefficient (Wildman–Crippen LogP) is 5.47. The molecule has 0 aliphatic heterocycles. The number of hydrogen-bond donors (Lipinski definition) is 1. The van der Waals surface area contributed by atoms with Crippen LogP contribution in [0.2, 0.25) is 0 Å². The molecule has 0 aliphatic carbocycles. The molecule has 5 nitrogen and oxygen atoms in total. The van der Waals surface area contributed by atoms with Crippen LogP contribution in [0.5, 0.6) is 11.5 Å². The van der Waals surface area contributed by atoms with Gasteiger partial charge in [-0.3, -0.25) is 4.79 Å². The molecule has 0 bridgehead atoms. The van der Waals surface area contributed by atoms with E-state index in [-0.39, 0.29) is 5.91 Å². The van der Waals surface area contributed by atoms with Crippen molar-refractivity contribution in [1.82, 2.24) is 5.43 Å². The molecule has 6 heteroatoms. The summed E-state index contributed by atoms with van der Waals surface area (Å²) in [5.41, 5.74) is 3.31. The molecule has 3 aromatic rings. The van der Waals surface area contributed by atoms with Gasteiger partial charge in [0.1, 0.15) is 18.1 Å². The summed E-state index contributed by atoms with van der Waals surface area (Å²) in [7, 11) is 0. The first kappa shape index (κ1) is 21.6. The lowest BCUT2D eigenvalue weighted by Gasteiger charge is -2.17. The maximum absolute atomic E-state index is 12.6. The lowest BCUT2D eigenvalue weighted by atomic mass is 10.1. The average molecular weight is 467 g/mol. The summed E-state index contributed by atoms with van der Waals surface area (Å²) >= 11 is 3.59. The summed E-state index contributed by atoms with van der Waals surface area (Å²) in [4.78, 5) is 12.6. The zero-order chi connectivity index (χ0) is 21.3. The molecule has 0 saturated carbocycles. The Morgan fingerprint density at radius 1 is 1.13 bits per heavy atom. The molecule has 0 heterocycles. The Morgan fingerprint density at radius 2 is 1.90 bits per heavy atom. The van der Waals surface area contributed by atoms with E-state index < -0.39 is 6.10 Å². The van der Waals surface area contributed by atoms with Gasteiger partial charge in [0.2, 0.25) is 0 Å². The molecule has 0 fully saturated rings. The minimum Gasteiger partial charge on any atom is -0.489 e. The zero-order valence-electron chi connectivity index (χ0n) is 16.7. The monoisotopic (exact) mass is 466 g/mol. The van der Waals surface area contributed by atoms with Gasteiger partial charge in [-0.25, -0.2) is 5.43 Å². The van der Waals surface area contributed by atoms with Crippen LogP contribution in [0.4, 0.5) is 0 Å². The Bertz CT molecular complexity index is 1070. The zero-order valence-corrected chi connectivity index (χ0v) is 18.3. The van der Waals surface area contributed by atoms with Crippen LogP contribution >= 0.6 is 15.9 Å². The van der Waals surface area contributed by atoms with Crippen LogP contribution in [0.15, 0.2) is 82.9 Å². The second-order valence-electron chi connectivity index (χ2n) is 6.49. The molecule has 3 rings (SSSR count). The van der Waals surface area contributed by atoms with Crippen LogP contribution in [0.1, 0.15) is 18.9 Å². The Morgan fingerprint density at radius 3 is 2.70 bits per heavy atom. The predicted molar refractivity (Wildman–Crippen MR) is 124 cm³/mol. The van der Waals surface area contributed by atoms with Crippen molar-refractivity contribution in [2.45, 2.75) is 19.4 Å². The number of nitrogens with one attached hydrogen (secondary N) is 1. The van der Waals surface area contributed by atoms with Gasteiger partial charge in [-0.1, -0.05) is 62.0 Å². The van der Waals surface area contributed by atoms with Crippen molar-refractivity contribution in [1.29, 1.82) is 0 Å². The van der Waals surface area contributed by atoms with Crippen molar-refractivity contribution in [2.24, 2.45) is 5.10 Å². The highest BCUT2D eigenvalue weighted by atomic mass is 79.9. The van der Waals surface area contributed by atoms with Gasteiger partial charge in [-0.05, 0) is 51.3 Å². The first-order chi connectivity index (χ1) is 14.6. The minimum atomic E-state index is -0.674. The number of carbonyl (C=O) groups excluding carboxylic acids is 1. The van der Waals surface area contributed by atoms with Gasteiger partial charge >= 0.3 is 0 Å². The Kier molecular flexibility index (Phi) is 7.63. The molecule has 0 aromatic heterocycles. The van der Waals surface area contributed by atoms with Crippen molar-refractivity contribution in [2.75, 3.05) is 6.61 Å². The van der Waals surface area contributed by atoms with Gasteiger partial charge in [-0.2, -0.15) is 5.10 Å². The highest BCUT2D eigenvalue weighted by Gasteiger charge is 2.19. The van der Waals surface area contributed by atoms with Crippen molar-refractivity contribution >= 4 is 38.8 Å². The summed E-state index contributed by atoms with van der Waals surface area (Å²) in [5, 5.41) is 6.19. The molecule has 0 unspecified atom stereocenters. The van der Waals surface area contributed by atoms with Gasteiger partial charge in [-0.15, -0.1) is 0 Å². The lowest BCUT2D eigenvalue weighted by Crippen LogP contribution is -2.35. The van der Waals surface area contributed by atoms with E-state index in [2.05, 4.69) is 33.0 Å². The highest BCUT2D eigenvalue weighted by Crippen LogP contribution is 2.33. The van der Waals surface area contributed by atoms with E-state index in [0.717, 1.165) is 20.8 Å². The third-order valence-corrected chi connectivity index (χ3v) is 5.23. The van der Waals surface area contributed by atoms with E-state index in [1.807, 2.05) is 67.6 Å². The summed E-state index contributed by atoms with van der Waals surface area (Å²) in [5.74, 6) is 0.958. The number of carbonyl (C=O) groups is 1. The summed E-state index contributed by atoms with van der Waals surface area (Å²) in [6.07, 6.45) is 3.05. The number of ether oxygens (including phenoxy) is 2. The van der Waals surface area contributed by atoms with Crippen LogP contribution in [-0.4, -0.2) is 24.8 Å². The van der Waals surface area contributed by atoms with E-state index >= 15 is 0 Å². The third-order valence-electron chi connectivity index (χ3n) is 4.41. The standard InChI is InChI=1S/C24H23BrN2O3/c1-3-15-29-21-12-8-6-10-18(21)16-26-27-24(28)20(4-2)30-22-14-13-17-9-5-7-11-19(17)23(22)25/h3,5-14,16,20H,1,4,15H2,2H3,(H,27,28)/b26-16-/t20-/m0/s1. The number of rotatable bonds is 9. The van der Waals surface area contributed by atoms with E-state index in [4.69, 9.17) is 9.47 Å². The second-order valence-corrected chi connectivity index (χ2v) is 7.28. The Hall–Kier alpha value is -3.12. The summed E-state index contributed by atoms with van der Waals surface area (Å²) in [6, 6.07) is 19.2. The van der Waals surface area contributed by atoms with E-state index in [1.54, 1.807) is 12.3 Å². The Labute approximate surface area is 184 Å². The van der Waals surface area contributed by atoms with E-state index in [1.165, 1.54) is 0 Å². The Balaban J connectivity index is 1.68. The SMILES string of the molecule is C=CCOc1ccccc1/C=N\NC(=O)[C@H](CC)Oc1ccc2ccccc2c1Br. The van der Waals surface area contributed by atoms with Crippen molar-refractivity contribution < 1.29 is 14.3 Å². The summed E-state index contributed by atoms with van der Waals surface area (Å²) in [6.45, 7) is 5.93. The van der Waals surface area contributed by atoms with Crippen molar-refractivity contribution in [3.05, 3.63) is 83.4 Å². The topological polar surface area (TPSA) is 59.9 Å². The van der Waals surface area contributed by atoms with Gasteiger partial charge in [0.15, 0.2) is 6.10 Å². The fourth-order valence-electron chi connectivity index (χ4n) is 2.88. The van der Waals surface area contributed by atoms with Crippen LogP contribution in [0.3, 0.4) is 0 Å². The second kappa shape index (κ2) is 10.6. The van der Waals surface area contributed by atoms with Gasteiger partial charge < -0.3 is 9.47 Å². The van der Waals surface area contributed by atoms with E-state index in [9.17, 15) is 4.79 Å². The first-order valence-electron chi connectivity index (χ1n) is 9.63. The van der Waals surface area contributed by atoms with Gasteiger partial charge in [0, 0.05) is 5.56 Å². The number of hydrazone groups is 1. The number of para-hydroxylation sites is 1. The number of fused-ring (bicyclic) bond motifs is 1. The normalized spacial score (nSPS) is 11.9. The smallest absolute Gasteiger partial charge is 0.281 e. The van der Waals surface area contributed by atoms with Crippen LogP contribution in [0.25, 0.3) is 10.8 Å². The molecule has 0 aliphatic rings. The molecule has 3 aromatic carbocycles. The molecule has 0 saturated heterocycles. The van der Waals surface area contributed by atoms with Gasteiger partial charge in [0.05, 0.1) is 10.7 Å². The molecule has 0 radical (unpaired) electrons. The fraction of sp³-hybridized carbons (Fsp3) is 0.167. The molecule has 1 amide bonds. The third kappa shape index (κ3) is 5.27. The highest BCUT2D eigenvalue weighted by molar-refractivity contribution is 9.10. The largest absolute Gasteiger partial charge is 0.489 e. The number of hydrogen-bond acceptors (Lipinski definition) is 4. The fourth-order valence-corrected chi connectivity index (χ4v) is 3.47. The van der Waals surface area contributed by atoms with Crippen LogP contribution < -0.4 is 14.9 Å². The number of nitrogens with zero attached hydrogens (tertiary/aromatic N) is 1. The lowest BCUT2D eigenvalue weighted by molar-refractivity contribution is -0.128. The molecular weight excluding hydrogens is 444 g/mol. The average Bonchev–Trinajstić information content (AvgIpc) is 2.78. The van der Waals surface area contributed by atoms with Crippen molar-refractivity contribution in [3.8, 4) is 11.5 Å². The molecule has 1 atom stereocenters. The number of halogens is 1. The van der Waals surface area contributed by atoms with E-state index in [0.29, 0.717) is 24.5 Å². The van der Waals surface area contributed by atoms with Gasteiger partial charge in [0.25, 0.3) is 5.91 Å². The molecule has 1 N–H and O–H groups in total. The summed E-state index contributed by atoms with van der Waals surface area (Å²) < 4.78 is 12.4. The van der Waals surface area contributed by atoms with Crippen LogP contribution in [-0.2, 0) is 4.79 Å². The molecule has 0 spiro atoms. The number of amides is 1.